The molecule has 0 saturated carbocycles. The second-order valence-electron chi connectivity index (χ2n) is 3.17. The zero-order valence-corrected chi connectivity index (χ0v) is 12.8. The van der Waals surface area contributed by atoms with Crippen LogP contribution in [0.2, 0.25) is 0 Å². The summed E-state index contributed by atoms with van der Waals surface area (Å²) in [5.41, 5.74) is 0. The number of sulfonamides is 1. The number of hydrogen-bond acceptors (Lipinski definition) is 3. The summed E-state index contributed by atoms with van der Waals surface area (Å²) in [5, 5.41) is 0.781. The van der Waals surface area contributed by atoms with E-state index in [1.54, 1.807) is 12.1 Å². The lowest BCUT2D eigenvalue weighted by Gasteiger charge is -2.08. The Hall–Kier alpha value is 0.570. The van der Waals surface area contributed by atoms with Crippen LogP contribution in [0.5, 0.6) is 0 Å². The van der Waals surface area contributed by atoms with Crippen molar-refractivity contribution in [2.45, 2.75) is 11.1 Å². The zero-order valence-electron chi connectivity index (χ0n) is 8.04. The van der Waals surface area contributed by atoms with Crippen LogP contribution in [0.15, 0.2) is 20.1 Å². The summed E-state index contributed by atoms with van der Waals surface area (Å²) in [6.45, 7) is 2.42. The maximum absolute atomic E-state index is 11.7. The highest BCUT2D eigenvalue weighted by Gasteiger charge is 2.16. The van der Waals surface area contributed by atoms with Crippen LogP contribution in [0, 0.1) is 5.92 Å². The Morgan fingerprint density at radius 3 is 2.67 bits per heavy atom. The molecule has 1 aromatic rings. The van der Waals surface area contributed by atoms with Gasteiger partial charge in [-0.1, -0.05) is 22.9 Å². The molecule has 0 aliphatic rings. The monoisotopic (exact) mass is 375 g/mol. The van der Waals surface area contributed by atoms with Gasteiger partial charge < -0.3 is 0 Å². The maximum atomic E-state index is 11.7. The Kier molecular flexibility index (Phi) is 5.24. The molecule has 0 saturated heterocycles. The minimum atomic E-state index is -3.33. The van der Waals surface area contributed by atoms with Crippen LogP contribution in [0.1, 0.15) is 6.92 Å². The first kappa shape index (κ1) is 13.6. The van der Waals surface area contributed by atoms with Gasteiger partial charge in [-0.15, -0.1) is 11.3 Å². The lowest BCUT2D eigenvalue weighted by Crippen LogP contribution is -2.28. The first-order valence-corrected chi connectivity index (χ1v) is 8.48. The molecule has 0 spiro atoms. The van der Waals surface area contributed by atoms with Gasteiger partial charge >= 0.3 is 0 Å². The molecule has 1 heterocycles. The molecule has 1 unspecified atom stereocenters. The van der Waals surface area contributed by atoms with Gasteiger partial charge in [0.2, 0.25) is 10.0 Å². The fourth-order valence-corrected chi connectivity index (χ4v) is 4.27. The summed E-state index contributed by atoms with van der Waals surface area (Å²) in [6, 6.07) is 3.32. The van der Waals surface area contributed by atoms with E-state index < -0.39 is 10.0 Å². The summed E-state index contributed by atoms with van der Waals surface area (Å²) < 4.78 is 27.2. The fourth-order valence-electron chi connectivity index (χ4n) is 0.820. The van der Waals surface area contributed by atoms with Gasteiger partial charge in [0.1, 0.15) is 4.21 Å². The number of hydrogen-bond donors (Lipinski definition) is 1. The van der Waals surface area contributed by atoms with Crippen LogP contribution in [-0.2, 0) is 10.0 Å². The highest BCUT2D eigenvalue weighted by molar-refractivity contribution is 9.11. The third-order valence-corrected chi connectivity index (χ3v) is 6.34. The average Bonchev–Trinajstić information content (AvgIpc) is 2.62. The van der Waals surface area contributed by atoms with Gasteiger partial charge in [-0.2, -0.15) is 0 Å². The van der Waals surface area contributed by atoms with Gasteiger partial charge in [-0.25, -0.2) is 13.1 Å². The standard InChI is InChI=1S/C8H11Br2NO2S2/c1-6(4-9)5-11-15(12,13)8-3-2-7(10)14-8/h2-3,6,11H,4-5H2,1H3. The second-order valence-corrected chi connectivity index (χ2v) is 8.27. The van der Waals surface area contributed by atoms with Gasteiger partial charge in [0.15, 0.2) is 0 Å². The fraction of sp³-hybridized carbons (Fsp3) is 0.500. The van der Waals surface area contributed by atoms with Crippen LogP contribution in [0.25, 0.3) is 0 Å². The van der Waals surface area contributed by atoms with Crippen molar-refractivity contribution in [2.75, 3.05) is 11.9 Å². The average molecular weight is 377 g/mol. The van der Waals surface area contributed by atoms with Crippen molar-refractivity contribution in [1.29, 1.82) is 0 Å². The summed E-state index contributed by atoms with van der Waals surface area (Å²) in [6.07, 6.45) is 0. The van der Waals surface area contributed by atoms with Crippen molar-refractivity contribution in [3.8, 4) is 0 Å². The Morgan fingerprint density at radius 2 is 2.20 bits per heavy atom. The second kappa shape index (κ2) is 5.77. The van der Waals surface area contributed by atoms with Crippen molar-refractivity contribution in [3.05, 3.63) is 15.9 Å². The number of thiophene rings is 1. The van der Waals surface area contributed by atoms with E-state index in [1.807, 2.05) is 6.92 Å². The van der Waals surface area contributed by atoms with E-state index >= 15 is 0 Å². The summed E-state index contributed by atoms with van der Waals surface area (Å²) in [7, 11) is -3.33. The highest BCUT2D eigenvalue weighted by Crippen LogP contribution is 2.25. The van der Waals surface area contributed by atoms with Crippen molar-refractivity contribution in [3.63, 3.8) is 0 Å². The van der Waals surface area contributed by atoms with Gasteiger partial charge in [0.25, 0.3) is 0 Å². The number of alkyl halides is 1. The molecule has 0 amide bonds. The molecular weight excluding hydrogens is 366 g/mol. The van der Waals surface area contributed by atoms with Crippen molar-refractivity contribution >= 4 is 53.2 Å². The van der Waals surface area contributed by atoms with E-state index in [4.69, 9.17) is 0 Å². The molecule has 7 heteroatoms. The quantitative estimate of drug-likeness (QED) is 0.803. The summed E-state index contributed by atoms with van der Waals surface area (Å²) in [4.78, 5) is 0. The molecule has 3 nitrogen and oxygen atoms in total. The SMILES string of the molecule is CC(CBr)CNS(=O)(=O)c1ccc(Br)s1. The van der Waals surface area contributed by atoms with E-state index in [2.05, 4.69) is 36.6 Å². The number of rotatable bonds is 5. The van der Waals surface area contributed by atoms with Crippen LogP contribution < -0.4 is 4.72 Å². The van der Waals surface area contributed by atoms with E-state index in [0.717, 1.165) is 9.12 Å². The maximum Gasteiger partial charge on any atom is 0.250 e. The topological polar surface area (TPSA) is 46.2 Å². The molecule has 0 aromatic carbocycles. The lowest BCUT2D eigenvalue weighted by atomic mass is 10.2. The number of halogens is 2. The lowest BCUT2D eigenvalue weighted by molar-refractivity contribution is 0.565. The van der Waals surface area contributed by atoms with Gasteiger partial charge in [-0.3, -0.25) is 0 Å². The molecule has 0 aliphatic carbocycles. The Balaban J connectivity index is 2.68. The summed E-state index contributed by atoms with van der Waals surface area (Å²) >= 11 is 7.75. The third kappa shape index (κ3) is 4.14. The Labute approximate surface area is 111 Å². The molecule has 1 N–H and O–H groups in total. The number of nitrogens with one attached hydrogen (secondary N) is 1. The molecule has 1 aromatic heterocycles. The van der Waals surface area contributed by atoms with Crippen molar-refractivity contribution in [1.82, 2.24) is 4.72 Å². The van der Waals surface area contributed by atoms with Gasteiger partial charge in [0, 0.05) is 11.9 Å². The van der Waals surface area contributed by atoms with E-state index in [-0.39, 0.29) is 5.92 Å². The third-order valence-electron chi connectivity index (χ3n) is 1.70. The van der Waals surface area contributed by atoms with Crippen molar-refractivity contribution < 1.29 is 8.42 Å². The molecule has 15 heavy (non-hydrogen) atoms. The molecule has 0 bridgehead atoms. The van der Waals surface area contributed by atoms with E-state index in [1.165, 1.54) is 11.3 Å². The molecule has 86 valence electrons. The molecule has 1 atom stereocenters. The first-order valence-electron chi connectivity index (χ1n) is 4.26. The molecule has 0 fully saturated rings. The highest BCUT2D eigenvalue weighted by atomic mass is 79.9. The first-order chi connectivity index (χ1) is 6.95. The largest absolute Gasteiger partial charge is 0.250 e. The normalized spacial score (nSPS) is 14.1. The molecular formula is C8H11Br2NO2S2. The van der Waals surface area contributed by atoms with Crippen molar-refractivity contribution in [2.24, 2.45) is 5.92 Å². The van der Waals surface area contributed by atoms with E-state index in [9.17, 15) is 8.42 Å². The summed E-state index contributed by atoms with van der Waals surface area (Å²) in [5.74, 6) is 0.281. The molecule has 0 aliphatic heterocycles. The van der Waals surface area contributed by atoms with Gasteiger partial charge in [0.05, 0.1) is 3.79 Å². The minimum Gasteiger partial charge on any atom is -0.210 e. The molecule has 0 radical (unpaired) electrons. The minimum absolute atomic E-state index is 0.281. The predicted octanol–water partition coefficient (Wildman–Crippen LogP) is 2.82. The van der Waals surface area contributed by atoms with Gasteiger partial charge in [-0.05, 0) is 34.0 Å². The molecule has 1 rings (SSSR count). The Morgan fingerprint density at radius 1 is 1.53 bits per heavy atom. The predicted molar refractivity (Wildman–Crippen MR) is 70.2 cm³/mol. The van der Waals surface area contributed by atoms with Crippen LogP contribution in [0.4, 0.5) is 0 Å². The van der Waals surface area contributed by atoms with Crippen LogP contribution >= 0.6 is 43.2 Å². The smallest absolute Gasteiger partial charge is 0.210 e. The van der Waals surface area contributed by atoms with Crippen LogP contribution in [-0.4, -0.2) is 20.3 Å². The Bertz CT molecular complexity index is 416. The van der Waals surface area contributed by atoms with E-state index in [0.29, 0.717) is 10.8 Å². The van der Waals surface area contributed by atoms with Crippen LogP contribution in [0.3, 0.4) is 0 Å². The zero-order chi connectivity index (χ0) is 11.5.